The third kappa shape index (κ3) is 1.27. The summed E-state index contributed by atoms with van der Waals surface area (Å²) in [4.78, 5) is 6.92. The van der Waals surface area contributed by atoms with Gasteiger partial charge in [0, 0.05) is 22.4 Å². The minimum atomic E-state index is 0.705. The first-order valence-corrected chi connectivity index (χ1v) is 5.39. The van der Waals surface area contributed by atoms with Crippen LogP contribution in [0.25, 0.3) is 0 Å². The zero-order chi connectivity index (χ0) is 9.42. The molecule has 0 aliphatic heterocycles. The molecule has 0 bridgehead atoms. The van der Waals surface area contributed by atoms with Crippen molar-refractivity contribution >= 4 is 17.2 Å². The molecule has 0 saturated carbocycles. The van der Waals surface area contributed by atoms with E-state index in [9.17, 15) is 0 Å². The van der Waals surface area contributed by atoms with Gasteiger partial charge in [0.15, 0.2) is 0 Å². The van der Waals surface area contributed by atoms with Gasteiger partial charge in [0.25, 0.3) is 0 Å². The molecule has 0 atom stereocenters. The maximum atomic E-state index is 5.87. The lowest BCUT2D eigenvalue weighted by Gasteiger charge is -2.01. The molecule has 0 unspecified atom stereocenters. The summed E-state index contributed by atoms with van der Waals surface area (Å²) in [5.74, 6) is 0.705. The topological polar surface area (TPSA) is 38.4 Å². The van der Waals surface area contributed by atoms with Gasteiger partial charge in [-0.25, -0.2) is 0 Å². The highest BCUT2D eigenvalue weighted by Gasteiger charge is 2.21. The molecule has 2 N–H and O–H groups in total. The quantitative estimate of drug-likeness (QED) is 0.538. The van der Waals surface area contributed by atoms with Crippen molar-refractivity contribution in [1.82, 2.24) is 0 Å². The van der Waals surface area contributed by atoms with Gasteiger partial charge < -0.3 is 5.73 Å². The van der Waals surface area contributed by atoms with Crippen molar-refractivity contribution in [2.75, 3.05) is 7.05 Å². The van der Waals surface area contributed by atoms with Gasteiger partial charge >= 0.3 is 0 Å². The van der Waals surface area contributed by atoms with Crippen molar-refractivity contribution in [1.29, 1.82) is 0 Å². The Kier molecular flexibility index (Phi) is 2.12. The number of hydrogen-bond donors (Lipinski definition) is 1. The minimum absolute atomic E-state index is 0.705. The molecule has 1 aromatic rings. The van der Waals surface area contributed by atoms with E-state index in [1.807, 2.05) is 11.3 Å². The molecule has 0 spiro atoms. The molecule has 0 radical (unpaired) electrons. The lowest BCUT2D eigenvalue weighted by Crippen LogP contribution is -2.14. The number of amidine groups is 1. The lowest BCUT2D eigenvalue weighted by molar-refractivity contribution is 0.913. The molecular weight excluding hydrogens is 180 g/mol. The Morgan fingerprint density at radius 3 is 2.92 bits per heavy atom. The fourth-order valence-electron chi connectivity index (χ4n) is 1.99. The fourth-order valence-corrected chi connectivity index (χ4v) is 3.26. The second-order valence-corrected chi connectivity index (χ2v) is 4.71. The molecular formula is C10H14N2S. The standard InChI is InChI=1S/C10H14N2S/c1-6-9(10(11)12-2)7-4-3-5-8(7)13-6/h3-5H2,1-2H3,(H2,11,12). The van der Waals surface area contributed by atoms with Crippen LogP contribution in [0.2, 0.25) is 0 Å². The van der Waals surface area contributed by atoms with Crippen molar-refractivity contribution in [3.63, 3.8) is 0 Å². The van der Waals surface area contributed by atoms with Crippen LogP contribution in [0.4, 0.5) is 0 Å². The zero-order valence-electron chi connectivity index (χ0n) is 8.05. The molecule has 0 amide bonds. The van der Waals surface area contributed by atoms with Gasteiger partial charge in [-0.3, -0.25) is 4.99 Å². The highest BCUT2D eigenvalue weighted by molar-refractivity contribution is 7.12. The number of hydrogen-bond acceptors (Lipinski definition) is 2. The van der Waals surface area contributed by atoms with E-state index in [1.165, 1.54) is 40.1 Å². The summed E-state index contributed by atoms with van der Waals surface area (Å²) in [5, 5.41) is 0. The first kappa shape index (κ1) is 8.75. The van der Waals surface area contributed by atoms with Crippen molar-refractivity contribution in [3.8, 4) is 0 Å². The van der Waals surface area contributed by atoms with Gasteiger partial charge in [-0.15, -0.1) is 11.3 Å². The highest BCUT2D eigenvalue weighted by atomic mass is 32.1. The van der Waals surface area contributed by atoms with E-state index in [2.05, 4.69) is 11.9 Å². The number of nitrogens with two attached hydrogens (primary N) is 1. The van der Waals surface area contributed by atoms with Crippen LogP contribution < -0.4 is 5.73 Å². The number of rotatable bonds is 1. The van der Waals surface area contributed by atoms with Crippen LogP contribution in [0.1, 0.15) is 27.3 Å². The lowest BCUT2D eigenvalue weighted by atomic mass is 10.1. The van der Waals surface area contributed by atoms with Crippen LogP contribution in [-0.2, 0) is 12.8 Å². The van der Waals surface area contributed by atoms with Gasteiger partial charge in [-0.05, 0) is 31.7 Å². The minimum Gasteiger partial charge on any atom is -0.383 e. The van der Waals surface area contributed by atoms with Gasteiger partial charge in [0.2, 0.25) is 0 Å². The molecule has 0 saturated heterocycles. The molecule has 1 heterocycles. The Morgan fingerprint density at radius 2 is 2.23 bits per heavy atom. The molecule has 13 heavy (non-hydrogen) atoms. The zero-order valence-corrected chi connectivity index (χ0v) is 8.87. The summed E-state index contributed by atoms with van der Waals surface area (Å²) in [6, 6.07) is 0. The summed E-state index contributed by atoms with van der Waals surface area (Å²) < 4.78 is 0. The Morgan fingerprint density at radius 1 is 1.46 bits per heavy atom. The van der Waals surface area contributed by atoms with E-state index in [0.717, 1.165) is 0 Å². The van der Waals surface area contributed by atoms with E-state index in [-0.39, 0.29) is 0 Å². The molecule has 1 aliphatic rings. The largest absolute Gasteiger partial charge is 0.383 e. The third-order valence-electron chi connectivity index (χ3n) is 2.59. The van der Waals surface area contributed by atoms with Crippen LogP contribution in [0.15, 0.2) is 4.99 Å². The smallest absolute Gasteiger partial charge is 0.126 e. The van der Waals surface area contributed by atoms with Crippen molar-refractivity contribution in [2.45, 2.75) is 26.2 Å². The van der Waals surface area contributed by atoms with Gasteiger partial charge in [-0.2, -0.15) is 0 Å². The van der Waals surface area contributed by atoms with E-state index < -0.39 is 0 Å². The van der Waals surface area contributed by atoms with Crippen molar-refractivity contribution in [2.24, 2.45) is 10.7 Å². The van der Waals surface area contributed by atoms with Crippen LogP contribution in [0, 0.1) is 6.92 Å². The molecule has 2 rings (SSSR count). The van der Waals surface area contributed by atoms with Crippen LogP contribution in [0.5, 0.6) is 0 Å². The maximum Gasteiger partial charge on any atom is 0.126 e. The summed E-state index contributed by atoms with van der Waals surface area (Å²) in [7, 11) is 1.76. The monoisotopic (exact) mass is 194 g/mol. The summed E-state index contributed by atoms with van der Waals surface area (Å²) in [6.07, 6.45) is 3.70. The summed E-state index contributed by atoms with van der Waals surface area (Å²) >= 11 is 1.89. The normalized spacial score (nSPS) is 16.3. The Labute approximate surface area is 82.5 Å². The maximum absolute atomic E-state index is 5.87. The average molecular weight is 194 g/mol. The highest BCUT2D eigenvalue weighted by Crippen LogP contribution is 2.34. The van der Waals surface area contributed by atoms with Crippen LogP contribution >= 0.6 is 11.3 Å². The van der Waals surface area contributed by atoms with E-state index in [0.29, 0.717) is 5.84 Å². The van der Waals surface area contributed by atoms with Gasteiger partial charge in [-0.1, -0.05) is 0 Å². The van der Waals surface area contributed by atoms with Gasteiger partial charge in [0.05, 0.1) is 0 Å². The van der Waals surface area contributed by atoms with E-state index >= 15 is 0 Å². The van der Waals surface area contributed by atoms with Crippen molar-refractivity contribution in [3.05, 3.63) is 20.9 Å². The number of thiophene rings is 1. The molecule has 1 aromatic heterocycles. The van der Waals surface area contributed by atoms with Crippen LogP contribution in [-0.4, -0.2) is 12.9 Å². The second-order valence-electron chi connectivity index (χ2n) is 3.40. The van der Waals surface area contributed by atoms with Crippen LogP contribution in [0.3, 0.4) is 0 Å². The first-order valence-electron chi connectivity index (χ1n) is 4.57. The Bertz CT molecular complexity index is 363. The van der Waals surface area contributed by atoms with Gasteiger partial charge in [0.1, 0.15) is 5.84 Å². The van der Waals surface area contributed by atoms with E-state index in [1.54, 1.807) is 7.05 Å². The van der Waals surface area contributed by atoms with Crippen molar-refractivity contribution < 1.29 is 0 Å². The molecule has 0 aromatic carbocycles. The SMILES string of the molecule is CN=C(N)c1c(C)sc2c1CCC2. The number of fused-ring (bicyclic) bond motifs is 1. The first-order chi connectivity index (χ1) is 6.24. The molecule has 1 aliphatic carbocycles. The number of aliphatic imine (C=N–C) groups is 1. The Hall–Kier alpha value is -0.830. The second kappa shape index (κ2) is 3.14. The fraction of sp³-hybridized carbons (Fsp3) is 0.500. The summed E-state index contributed by atoms with van der Waals surface area (Å²) in [6.45, 7) is 2.14. The summed E-state index contributed by atoms with van der Waals surface area (Å²) in [5.41, 5.74) is 8.56. The molecule has 3 heteroatoms. The van der Waals surface area contributed by atoms with E-state index in [4.69, 9.17) is 5.73 Å². The Balaban J connectivity index is 2.56. The predicted octanol–water partition coefficient (Wildman–Crippen LogP) is 1.88. The number of aryl methyl sites for hydroxylation is 2. The third-order valence-corrected chi connectivity index (χ3v) is 3.80. The molecule has 0 fully saturated rings. The molecule has 70 valence electrons. The average Bonchev–Trinajstić information content (AvgIpc) is 2.62. The number of nitrogens with zero attached hydrogens (tertiary/aromatic N) is 1. The molecule has 2 nitrogen and oxygen atoms in total. The predicted molar refractivity (Wildman–Crippen MR) is 57.7 cm³/mol.